The molecule has 1 aliphatic heterocycles. The quantitative estimate of drug-likeness (QED) is 0.376. The summed E-state index contributed by atoms with van der Waals surface area (Å²) in [6.45, 7) is 3.44. The number of halogens is 1. The molecule has 0 spiro atoms. The lowest BCUT2D eigenvalue weighted by atomic mass is 10.0. The van der Waals surface area contributed by atoms with Gasteiger partial charge in [-0.3, -0.25) is 19.7 Å². The van der Waals surface area contributed by atoms with E-state index in [9.17, 15) is 19.2 Å². The molecular formula is C27H22ClN3O5. The summed E-state index contributed by atoms with van der Waals surface area (Å²) in [5.41, 5.74) is 2.83. The highest BCUT2D eigenvalue weighted by atomic mass is 35.5. The van der Waals surface area contributed by atoms with Gasteiger partial charge in [0.15, 0.2) is 6.61 Å². The Hall–Kier alpha value is -4.43. The number of hydrogen-bond acceptors (Lipinski definition) is 5. The molecule has 0 radical (unpaired) electrons. The maximum Gasteiger partial charge on any atom is 0.335 e. The van der Waals surface area contributed by atoms with E-state index in [1.807, 2.05) is 13.8 Å². The van der Waals surface area contributed by atoms with Crippen LogP contribution in [0.1, 0.15) is 16.7 Å². The first kappa shape index (κ1) is 24.7. The zero-order valence-electron chi connectivity index (χ0n) is 19.5. The number of aryl methyl sites for hydroxylation is 2. The van der Waals surface area contributed by atoms with E-state index in [-0.39, 0.29) is 17.9 Å². The van der Waals surface area contributed by atoms with Gasteiger partial charge < -0.3 is 10.1 Å². The minimum absolute atomic E-state index is 0.246. The third-order valence-electron chi connectivity index (χ3n) is 5.58. The number of barbiturate groups is 1. The number of carbonyl (C=O) groups is 4. The van der Waals surface area contributed by atoms with Crippen LogP contribution < -0.4 is 20.3 Å². The van der Waals surface area contributed by atoms with E-state index in [0.29, 0.717) is 22.0 Å². The van der Waals surface area contributed by atoms with Gasteiger partial charge in [-0.1, -0.05) is 48.0 Å². The molecule has 1 fully saturated rings. The van der Waals surface area contributed by atoms with Gasteiger partial charge in [0.05, 0.1) is 16.4 Å². The molecule has 0 aromatic heterocycles. The fourth-order valence-electron chi connectivity index (χ4n) is 3.54. The van der Waals surface area contributed by atoms with Crippen molar-refractivity contribution in [1.82, 2.24) is 5.32 Å². The Balaban J connectivity index is 1.56. The maximum absolute atomic E-state index is 13.2. The molecule has 36 heavy (non-hydrogen) atoms. The lowest BCUT2D eigenvalue weighted by Gasteiger charge is -2.27. The van der Waals surface area contributed by atoms with Crippen LogP contribution in [-0.2, 0) is 14.4 Å². The van der Waals surface area contributed by atoms with Gasteiger partial charge in [0.2, 0.25) is 0 Å². The molecule has 1 saturated heterocycles. The van der Waals surface area contributed by atoms with Crippen LogP contribution in [0.15, 0.2) is 72.3 Å². The molecule has 182 valence electrons. The van der Waals surface area contributed by atoms with E-state index in [1.54, 1.807) is 66.7 Å². The van der Waals surface area contributed by atoms with E-state index < -0.39 is 23.8 Å². The van der Waals surface area contributed by atoms with Gasteiger partial charge >= 0.3 is 6.03 Å². The summed E-state index contributed by atoms with van der Waals surface area (Å²) in [6.07, 6.45) is 1.33. The minimum Gasteiger partial charge on any atom is -0.483 e. The summed E-state index contributed by atoms with van der Waals surface area (Å²) >= 11 is 6.07. The predicted molar refractivity (Wildman–Crippen MR) is 137 cm³/mol. The van der Waals surface area contributed by atoms with E-state index in [1.165, 1.54) is 6.08 Å². The standard InChI is InChI=1S/C27H22ClN3O5/c1-16-11-12-19(13-17(16)2)31-26(34)20(25(33)30-27(31)35)14-18-7-3-6-10-23(18)36-15-24(32)29-22-9-5-4-8-21(22)28/h3-14H,15H2,1-2H3,(H,29,32)(H,30,33,35)/b20-14-. The number of hydrogen-bond donors (Lipinski definition) is 2. The number of nitrogens with one attached hydrogen (secondary N) is 2. The number of rotatable bonds is 6. The van der Waals surface area contributed by atoms with Crippen molar-refractivity contribution < 1.29 is 23.9 Å². The number of urea groups is 1. The van der Waals surface area contributed by atoms with Gasteiger partial charge in [-0.25, -0.2) is 9.69 Å². The van der Waals surface area contributed by atoms with Crippen molar-refractivity contribution in [3.63, 3.8) is 0 Å². The van der Waals surface area contributed by atoms with Crippen molar-refractivity contribution in [3.05, 3.63) is 94.0 Å². The number of ether oxygens (including phenoxy) is 1. The summed E-state index contributed by atoms with van der Waals surface area (Å²) in [5.74, 6) is -1.76. The molecule has 3 aromatic rings. The third kappa shape index (κ3) is 5.29. The Morgan fingerprint density at radius 3 is 2.47 bits per heavy atom. The fourth-order valence-corrected chi connectivity index (χ4v) is 3.72. The van der Waals surface area contributed by atoms with Crippen molar-refractivity contribution in [2.24, 2.45) is 0 Å². The number of imide groups is 2. The van der Waals surface area contributed by atoms with Crippen LogP contribution in [0.4, 0.5) is 16.2 Å². The Labute approximate surface area is 212 Å². The monoisotopic (exact) mass is 503 g/mol. The normalized spacial score (nSPS) is 14.6. The van der Waals surface area contributed by atoms with Crippen molar-refractivity contribution >= 4 is 52.8 Å². The summed E-state index contributed by atoms with van der Waals surface area (Å²) in [7, 11) is 0. The highest BCUT2D eigenvalue weighted by Crippen LogP contribution is 2.27. The topological polar surface area (TPSA) is 105 Å². The van der Waals surface area contributed by atoms with Crippen LogP contribution >= 0.6 is 11.6 Å². The number of nitrogens with zero attached hydrogens (tertiary/aromatic N) is 1. The highest BCUT2D eigenvalue weighted by Gasteiger charge is 2.37. The van der Waals surface area contributed by atoms with Gasteiger partial charge in [-0.2, -0.15) is 0 Å². The summed E-state index contributed by atoms with van der Waals surface area (Å²) in [4.78, 5) is 51.6. The summed E-state index contributed by atoms with van der Waals surface area (Å²) in [6, 6.07) is 17.7. The first-order valence-corrected chi connectivity index (χ1v) is 11.4. The number of para-hydroxylation sites is 2. The Morgan fingerprint density at radius 2 is 1.72 bits per heavy atom. The molecule has 9 heteroatoms. The van der Waals surface area contributed by atoms with Crippen molar-refractivity contribution in [2.45, 2.75) is 13.8 Å². The van der Waals surface area contributed by atoms with E-state index >= 15 is 0 Å². The molecule has 2 N–H and O–H groups in total. The molecule has 0 aliphatic carbocycles. The van der Waals surface area contributed by atoms with Crippen LogP contribution in [0.3, 0.4) is 0 Å². The van der Waals surface area contributed by atoms with Gasteiger partial charge in [-0.05, 0) is 61.4 Å². The van der Waals surface area contributed by atoms with Crippen molar-refractivity contribution in [3.8, 4) is 5.75 Å². The van der Waals surface area contributed by atoms with Crippen LogP contribution in [-0.4, -0.2) is 30.4 Å². The number of amides is 5. The van der Waals surface area contributed by atoms with E-state index in [2.05, 4.69) is 10.6 Å². The predicted octanol–water partition coefficient (Wildman–Crippen LogP) is 4.64. The van der Waals surface area contributed by atoms with E-state index in [0.717, 1.165) is 16.0 Å². The molecule has 4 rings (SSSR count). The fraction of sp³-hybridized carbons (Fsp3) is 0.111. The lowest BCUT2D eigenvalue weighted by Crippen LogP contribution is -2.54. The van der Waals surface area contributed by atoms with Crippen molar-refractivity contribution in [1.29, 1.82) is 0 Å². The molecule has 1 heterocycles. The molecule has 3 aromatic carbocycles. The van der Waals surface area contributed by atoms with Gasteiger partial charge in [0, 0.05) is 5.56 Å². The molecule has 8 nitrogen and oxygen atoms in total. The summed E-state index contributed by atoms with van der Waals surface area (Å²) in [5, 5.41) is 5.25. The maximum atomic E-state index is 13.2. The first-order chi connectivity index (χ1) is 17.2. The number of carbonyl (C=O) groups excluding carboxylic acids is 4. The number of anilines is 2. The van der Waals surface area contributed by atoms with Crippen LogP contribution in [0.25, 0.3) is 6.08 Å². The Kier molecular flexibility index (Phi) is 7.17. The summed E-state index contributed by atoms with van der Waals surface area (Å²) < 4.78 is 5.66. The van der Waals surface area contributed by atoms with Crippen LogP contribution in [0.5, 0.6) is 5.75 Å². The average molecular weight is 504 g/mol. The molecule has 0 bridgehead atoms. The van der Waals surface area contributed by atoms with Gasteiger partial charge in [0.1, 0.15) is 11.3 Å². The second kappa shape index (κ2) is 10.5. The van der Waals surface area contributed by atoms with Crippen LogP contribution in [0, 0.1) is 13.8 Å². The molecule has 5 amide bonds. The first-order valence-electron chi connectivity index (χ1n) is 11.0. The van der Waals surface area contributed by atoms with E-state index in [4.69, 9.17) is 16.3 Å². The SMILES string of the molecule is Cc1ccc(N2C(=O)NC(=O)/C(=C/c3ccccc3OCC(=O)Nc3ccccc3Cl)C2=O)cc1C. The molecule has 1 aliphatic rings. The Bertz CT molecular complexity index is 1420. The smallest absolute Gasteiger partial charge is 0.335 e. The zero-order valence-corrected chi connectivity index (χ0v) is 20.3. The highest BCUT2D eigenvalue weighted by molar-refractivity contribution is 6.39. The van der Waals surface area contributed by atoms with Crippen LogP contribution in [0.2, 0.25) is 5.02 Å². The molecule has 0 saturated carbocycles. The van der Waals surface area contributed by atoms with Gasteiger partial charge in [-0.15, -0.1) is 0 Å². The van der Waals surface area contributed by atoms with Gasteiger partial charge in [0.25, 0.3) is 17.7 Å². The third-order valence-corrected chi connectivity index (χ3v) is 5.91. The van der Waals surface area contributed by atoms with Crippen molar-refractivity contribution in [2.75, 3.05) is 16.8 Å². The second-order valence-corrected chi connectivity index (χ2v) is 8.49. The zero-order chi connectivity index (χ0) is 25.8. The lowest BCUT2D eigenvalue weighted by molar-refractivity contribution is -0.122. The number of benzene rings is 3. The largest absolute Gasteiger partial charge is 0.483 e. The minimum atomic E-state index is -0.828. The molecule has 0 unspecified atom stereocenters. The Morgan fingerprint density at radius 1 is 1.00 bits per heavy atom. The molecule has 0 atom stereocenters. The average Bonchev–Trinajstić information content (AvgIpc) is 2.84. The molecular weight excluding hydrogens is 482 g/mol. The second-order valence-electron chi connectivity index (χ2n) is 8.08.